The number of carboxylic acid groups (broad SMARTS) is 1. The van der Waals surface area contributed by atoms with Gasteiger partial charge in [0, 0.05) is 13.6 Å². The maximum atomic E-state index is 11.9. The van der Waals surface area contributed by atoms with Crippen LogP contribution in [0.4, 0.5) is 4.79 Å². The van der Waals surface area contributed by atoms with Crippen molar-refractivity contribution < 1.29 is 24.3 Å². The van der Waals surface area contributed by atoms with E-state index in [1.807, 2.05) is 0 Å². The third-order valence-electron chi connectivity index (χ3n) is 2.43. The van der Waals surface area contributed by atoms with Gasteiger partial charge in [0.05, 0.1) is 0 Å². The minimum absolute atomic E-state index is 0.162. The highest BCUT2D eigenvalue weighted by Crippen LogP contribution is 2.07. The number of carbonyl (C=O) groups is 4. The van der Waals surface area contributed by atoms with Crippen molar-refractivity contribution in [3.05, 3.63) is 0 Å². The fourth-order valence-corrected chi connectivity index (χ4v) is 1.58. The topological polar surface area (TPSA) is 133 Å². The lowest BCUT2D eigenvalue weighted by Crippen LogP contribution is -2.61. The van der Waals surface area contributed by atoms with Crippen LogP contribution in [0.2, 0.25) is 0 Å². The predicted octanol–water partition coefficient (Wildman–Crippen LogP) is -2.59. The molecule has 0 aromatic carbocycles. The molecule has 1 aliphatic heterocycles. The molecule has 18 heavy (non-hydrogen) atoms. The van der Waals surface area contributed by atoms with E-state index in [0.29, 0.717) is 0 Å². The van der Waals surface area contributed by atoms with E-state index in [2.05, 4.69) is 5.32 Å². The van der Waals surface area contributed by atoms with Crippen molar-refractivity contribution in [1.29, 1.82) is 0 Å². The number of rotatable bonds is 3. The number of nitrogens with zero attached hydrogens (tertiary/aromatic N) is 2. The number of aliphatic carboxylic acids is 1. The number of carbonyl (C=O) groups excluding carboxylic acids is 3. The molecule has 0 spiro atoms. The van der Waals surface area contributed by atoms with E-state index in [1.165, 1.54) is 7.05 Å². The van der Waals surface area contributed by atoms with Crippen molar-refractivity contribution in [2.75, 3.05) is 26.7 Å². The zero-order valence-corrected chi connectivity index (χ0v) is 9.75. The Balaban J connectivity index is 2.81. The molecule has 0 aliphatic carbocycles. The predicted molar refractivity (Wildman–Crippen MR) is 58.4 cm³/mol. The van der Waals surface area contributed by atoms with Gasteiger partial charge in [-0.05, 0) is 0 Å². The largest absolute Gasteiger partial charge is 0.480 e. The van der Waals surface area contributed by atoms with Gasteiger partial charge in [0.15, 0.2) is 0 Å². The number of primary amides is 1. The number of nitrogens with two attached hydrogens (primary N) is 1. The SMILES string of the molecule is CN(CC(N)=O)C(=O)N1CC(=O)NCC1C(=O)O. The van der Waals surface area contributed by atoms with Crippen molar-refractivity contribution in [3.63, 3.8) is 0 Å². The Kier molecular flexibility index (Phi) is 4.08. The lowest BCUT2D eigenvalue weighted by molar-refractivity contribution is -0.144. The van der Waals surface area contributed by atoms with Gasteiger partial charge < -0.3 is 21.1 Å². The molecule has 100 valence electrons. The molecule has 4 amide bonds. The Bertz CT molecular complexity index is 396. The van der Waals surface area contributed by atoms with E-state index in [1.54, 1.807) is 0 Å². The van der Waals surface area contributed by atoms with E-state index >= 15 is 0 Å². The van der Waals surface area contributed by atoms with E-state index < -0.39 is 29.9 Å². The molecule has 0 aromatic rings. The van der Waals surface area contributed by atoms with Gasteiger partial charge in [0.25, 0.3) is 0 Å². The molecular weight excluding hydrogens is 244 g/mol. The number of likely N-dealkylation sites (N-methyl/N-ethyl adjacent to an activating group) is 1. The molecule has 1 unspecified atom stereocenters. The van der Waals surface area contributed by atoms with E-state index in [-0.39, 0.29) is 19.6 Å². The zero-order chi connectivity index (χ0) is 13.9. The molecule has 0 aromatic heterocycles. The highest BCUT2D eigenvalue weighted by atomic mass is 16.4. The first-order valence-corrected chi connectivity index (χ1v) is 5.12. The molecule has 1 rings (SSSR count). The summed E-state index contributed by atoms with van der Waals surface area (Å²) in [5.41, 5.74) is 4.94. The van der Waals surface area contributed by atoms with Gasteiger partial charge in [-0.15, -0.1) is 0 Å². The summed E-state index contributed by atoms with van der Waals surface area (Å²) in [5.74, 6) is -2.40. The Labute approximate surface area is 103 Å². The molecule has 4 N–H and O–H groups in total. The molecule has 9 nitrogen and oxygen atoms in total. The number of hydrogen-bond donors (Lipinski definition) is 3. The highest BCUT2D eigenvalue weighted by molar-refractivity contribution is 5.91. The summed E-state index contributed by atoms with van der Waals surface area (Å²) >= 11 is 0. The molecule has 1 aliphatic rings. The quantitative estimate of drug-likeness (QED) is 0.510. The summed E-state index contributed by atoms with van der Waals surface area (Å²) in [5, 5.41) is 11.3. The molecule has 0 saturated carbocycles. The van der Waals surface area contributed by atoms with Gasteiger partial charge in [-0.25, -0.2) is 9.59 Å². The summed E-state index contributed by atoms with van der Waals surface area (Å²) in [6.45, 7) is -0.869. The second-order valence-electron chi connectivity index (χ2n) is 3.89. The van der Waals surface area contributed by atoms with Crippen LogP contribution in [0.3, 0.4) is 0 Å². The van der Waals surface area contributed by atoms with Crippen molar-refractivity contribution in [1.82, 2.24) is 15.1 Å². The average molecular weight is 258 g/mol. The van der Waals surface area contributed by atoms with Gasteiger partial charge in [0.2, 0.25) is 11.8 Å². The van der Waals surface area contributed by atoms with Crippen LogP contribution in [0.25, 0.3) is 0 Å². The zero-order valence-electron chi connectivity index (χ0n) is 9.75. The van der Waals surface area contributed by atoms with Crippen molar-refractivity contribution in [2.24, 2.45) is 5.73 Å². The fraction of sp³-hybridized carbons (Fsp3) is 0.556. The minimum Gasteiger partial charge on any atom is -0.480 e. The first kappa shape index (κ1) is 13.7. The van der Waals surface area contributed by atoms with Crippen molar-refractivity contribution >= 4 is 23.8 Å². The molecule has 9 heteroatoms. The molecule has 0 bridgehead atoms. The second kappa shape index (κ2) is 5.34. The molecule has 1 heterocycles. The van der Waals surface area contributed by atoms with Gasteiger partial charge in [-0.3, -0.25) is 14.5 Å². The summed E-state index contributed by atoms with van der Waals surface area (Å²) in [4.78, 5) is 46.6. The molecule has 1 atom stereocenters. The maximum Gasteiger partial charge on any atom is 0.328 e. The molecular formula is C9H14N4O5. The number of carboxylic acids is 1. The lowest BCUT2D eigenvalue weighted by atomic mass is 10.2. The number of urea groups is 1. The van der Waals surface area contributed by atoms with Crippen molar-refractivity contribution in [2.45, 2.75) is 6.04 Å². The van der Waals surface area contributed by atoms with Crippen LogP contribution in [0.15, 0.2) is 0 Å². The number of hydrogen-bond acceptors (Lipinski definition) is 4. The van der Waals surface area contributed by atoms with Crippen LogP contribution in [-0.4, -0.2) is 71.4 Å². The maximum absolute atomic E-state index is 11.9. The number of nitrogens with one attached hydrogen (secondary N) is 1. The molecule has 0 radical (unpaired) electrons. The van der Waals surface area contributed by atoms with Crippen LogP contribution in [0, 0.1) is 0 Å². The lowest BCUT2D eigenvalue weighted by Gasteiger charge is -2.35. The summed E-state index contributed by atoms with van der Waals surface area (Å²) in [6.07, 6.45) is 0. The molecule has 1 fully saturated rings. The van der Waals surface area contributed by atoms with Crippen LogP contribution >= 0.6 is 0 Å². The van der Waals surface area contributed by atoms with Crippen LogP contribution in [-0.2, 0) is 14.4 Å². The van der Waals surface area contributed by atoms with Crippen LogP contribution in [0.1, 0.15) is 0 Å². The number of amides is 4. The Hall–Kier alpha value is -2.32. The van der Waals surface area contributed by atoms with Gasteiger partial charge >= 0.3 is 12.0 Å². The second-order valence-corrected chi connectivity index (χ2v) is 3.89. The van der Waals surface area contributed by atoms with Gasteiger partial charge in [-0.1, -0.05) is 0 Å². The summed E-state index contributed by atoms with van der Waals surface area (Å²) in [6, 6.07) is -1.87. The highest BCUT2D eigenvalue weighted by Gasteiger charge is 2.36. The van der Waals surface area contributed by atoms with E-state index in [9.17, 15) is 19.2 Å². The van der Waals surface area contributed by atoms with Gasteiger partial charge in [0.1, 0.15) is 19.1 Å². The van der Waals surface area contributed by atoms with E-state index in [0.717, 1.165) is 9.80 Å². The Morgan fingerprint density at radius 3 is 2.67 bits per heavy atom. The van der Waals surface area contributed by atoms with Crippen molar-refractivity contribution in [3.8, 4) is 0 Å². The monoisotopic (exact) mass is 258 g/mol. The third-order valence-corrected chi connectivity index (χ3v) is 2.43. The first-order valence-electron chi connectivity index (χ1n) is 5.12. The van der Waals surface area contributed by atoms with Crippen LogP contribution in [0.5, 0.6) is 0 Å². The fourth-order valence-electron chi connectivity index (χ4n) is 1.58. The minimum atomic E-state index is -1.23. The Morgan fingerprint density at radius 2 is 2.17 bits per heavy atom. The standard InChI is InChI=1S/C9H14N4O5/c1-12(3-6(10)14)9(18)13-4-7(15)11-2-5(13)8(16)17/h5H,2-4H2,1H3,(H2,10,14)(H,11,15)(H,16,17). The third kappa shape index (κ3) is 3.09. The van der Waals surface area contributed by atoms with E-state index in [4.69, 9.17) is 10.8 Å². The Morgan fingerprint density at radius 1 is 1.56 bits per heavy atom. The average Bonchev–Trinajstić information content (AvgIpc) is 2.26. The first-order chi connectivity index (χ1) is 8.32. The summed E-state index contributed by atoms with van der Waals surface area (Å²) < 4.78 is 0. The normalized spacial score (nSPS) is 19.1. The van der Waals surface area contributed by atoms with Crippen LogP contribution < -0.4 is 11.1 Å². The van der Waals surface area contributed by atoms with Gasteiger partial charge in [-0.2, -0.15) is 0 Å². The summed E-state index contributed by atoms with van der Waals surface area (Å²) in [7, 11) is 1.30. The smallest absolute Gasteiger partial charge is 0.328 e. The molecule has 1 saturated heterocycles. The number of piperazine rings is 1.